The summed E-state index contributed by atoms with van der Waals surface area (Å²) in [6.07, 6.45) is 7.81. The molecule has 0 atom stereocenters. The number of Topliss-reactive ketones (excluding diaryl/α,β-unsaturated/α-hetero) is 2. The lowest BCUT2D eigenvalue weighted by atomic mass is 10.3. The molecule has 102 valence electrons. The number of nitrogens with one attached hydrogen (secondary N) is 2. The number of rotatable bonds is 6. The highest BCUT2D eigenvalue weighted by Crippen LogP contribution is 2.15. The summed E-state index contributed by atoms with van der Waals surface area (Å²) in [6, 6.07) is 0. The van der Waals surface area contributed by atoms with E-state index in [9.17, 15) is 9.59 Å². The second kappa shape index (κ2) is 7.20. The quantitative estimate of drug-likeness (QED) is 0.384. The van der Waals surface area contributed by atoms with E-state index in [0.717, 1.165) is 6.26 Å². The summed E-state index contributed by atoms with van der Waals surface area (Å²) in [5, 5.41) is 14.5. The van der Waals surface area contributed by atoms with Crippen LogP contribution in [0.3, 0.4) is 0 Å². The second-order valence-electron chi connectivity index (χ2n) is 4.05. The molecule has 5 nitrogen and oxygen atoms in total. The Labute approximate surface area is 112 Å². The van der Waals surface area contributed by atoms with Crippen molar-refractivity contribution >= 4 is 11.6 Å². The molecule has 0 radical (unpaired) electrons. The molecular formula is C14H18N2O3. The molecular weight excluding hydrogens is 244 g/mol. The lowest BCUT2D eigenvalue weighted by Gasteiger charge is -2.05. The zero-order chi connectivity index (χ0) is 14.3. The Balaban J connectivity index is 2.66. The molecule has 0 heterocycles. The van der Waals surface area contributed by atoms with Gasteiger partial charge < -0.3 is 15.7 Å². The summed E-state index contributed by atoms with van der Waals surface area (Å²) in [7, 11) is 0. The zero-order valence-corrected chi connectivity index (χ0v) is 11.1. The third kappa shape index (κ3) is 4.13. The topological polar surface area (TPSA) is 78.4 Å². The van der Waals surface area contributed by atoms with Gasteiger partial charge >= 0.3 is 0 Å². The Morgan fingerprint density at radius 2 is 2.11 bits per heavy atom. The Morgan fingerprint density at radius 3 is 2.74 bits per heavy atom. The summed E-state index contributed by atoms with van der Waals surface area (Å²) in [5.74, 6) is -0.891. The summed E-state index contributed by atoms with van der Waals surface area (Å²) >= 11 is 0. The average Bonchev–Trinajstić information content (AvgIpc) is 2.66. The van der Waals surface area contributed by atoms with Crippen molar-refractivity contribution in [3.63, 3.8) is 0 Å². The van der Waals surface area contributed by atoms with Crippen LogP contribution in [-0.4, -0.2) is 23.2 Å². The minimum atomic E-state index is -0.490. The normalized spacial score (nSPS) is 17.1. The Hall–Kier alpha value is -2.30. The summed E-state index contributed by atoms with van der Waals surface area (Å²) < 4.78 is 0. The number of ketones is 2. The molecule has 0 amide bonds. The molecule has 0 aromatic carbocycles. The van der Waals surface area contributed by atoms with Crippen LogP contribution in [0.4, 0.5) is 0 Å². The molecule has 0 aliphatic heterocycles. The third-order valence-electron chi connectivity index (χ3n) is 2.51. The van der Waals surface area contributed by atoms with Gasteiger partial charge in [0, 0.05) is 18.4 Å². The molecule has 1 aliphatic rings. The van der Waals surface area contributed by atoms with Crippen molar-refractivity contribution in [1.29, 1.82) is 0 Å². The van der Waals surface area contributed by atoms with Crippen molar-refractivity contribution in [2.24, 2.45) is 0 Å². The largest absolute Gasteiger partial charge is 0.515 e. The van der Waals surface area contributed by atoms with E-state index >= 15 is 0 Å². The number of hydrogen-bond acceptors (Lipinski definition) is 5. The number of carbonyl (C=O) groups is 2. The molecule has 0 aromatic rings. The number of hydrogen-bond donors (Lipinski definition) is 3. The zero-order valence-electron chi connectivity index (χ0n) is 11.1. The van der Waals surface area contributed by atoms with Crippen LogP contribution in [0, 0.1) is 0 Å². The van der Waals surface area contributed by atoms with Gasteiger partial charge in [-0.1, -0.05) is 12.2 Å². The van der Waals surface area contributed by atoms with Crippen LogP contribution in [0.2, 0.25) is 0 Å². The van der Waals surface area contributed by atoms with Crippen LogP contribution in [-0.2, 0) is 9.59 Å². The lowest BCUT2D eigenvalue weighted by Crippen LogP contribution is -2.20. The molecule has 5 heteroatoms. The van der Waals surface area contributed by atoms with E-state index in [4.69, 9.17) is 5.11 Å². The fraction of sp³-hybridized carbons (Fsp3) is 0.286. The molecule has 0 saturated carbocycles. The van der Waals surface area contributed by atoms with E-state index in [1.807, 2.05) is 6.92 Å². The van der Waals surface area contributed by atoms with Crippen molar-refractivity contribution < 1.29 is 14.7 Å². The Morgan fingerprint density at radius 1 is 1.37 bits per heavy atom. The smallest absolute Gasteiger partial charge is 0.246 e. The first-order chi connectivity index (χ1) is 9.10. The molecule has 1 aliphatic carbocycles. The van der Waals surface area contributed by atoms with E-state index < -0.39 is 11.6 Å². The van der Waals surface area contributed by atoms with Gasteiger partial charge in [-0.3, -0.25) is 9.59 Å². The van der Waals surface area contributed by atoms with Crippen LogP contribution in [0.5, 0.6) is 0 Å². The number of carbonyl (C=O) groups excluding carboxylic acids is 2. The number of aliphatic hydroxyl groups is 1. The monoisotopic (exact) mass is 262 g/mol. The SMILES string of the molecule is CCNC1=C(N/C=C/C=C\C(C)=C\O)C(=O)C(=O)C1. The fourth-order valence-electron chi connectivity index (χ4n) is 1.56. The van der Waals surface area contributed by atoms with Crippen molar-refractivity contribution in [1.82, 2.24) is 10.6 Å². The molecule has 0 spiro atoms. The maximum Gasteiger partial charge on any atom is 0.246 e. The van der Waals surface area contributed by atoms with E-state index in [2.05, 4.69) is 10.6 Å². The number of aliphatic hydroxyl groups excluding tert-OH is 1. The molecule has 0 fully saturated rings. The first-order valence-electron chi connectivity index (χ1n) is 6.05. The van der Waals surface area contributed by atoms with Gasteiger partial charge in [-0.25, -0.2) is 0 Å². The third-order valence-corrected chi connectivity index (χ3v) is 2.51. The van der Waals surface area contributed by atoms with Crippen molar-refractivity contribution in [3.05, 3.63) is 47.7 Å². The summed E-state index contributed by atoms with van der Waals surface area (Å²) in [6.45, 7) is 4.31. The van der Waals surface area contributed by atoms with Crippen LogP contribution in [0.25, 0.3) is 0 Å². The van der Waals surface area contributed by atoms with Crippen molar-refractivity contribution in [3.8, 4) is 0 Å². The lowest BCUT2D eigenvalue weighted by molar-refractivity contribution is -0.133. The van der Waals surface area contributed by atoms with Gasteiger partial charge in [-0.2, -0.15) is 0 Å². The van der Waals surface area contributed by atoms with Crippen LogP contribution < -0.4 is 10.6 Å². The minimum absolute atomic E-state index is 0.130. The molecule has 1 rings (SSSR count). The molecule has 0 unspecified atom stereocenters. The van der Waals surface area contributed by atoms with Gasteiger partial charge in [0.25, 0.3) is 0 Å². The molecule has 3 N–H and O–H groups in total. The van der Waals surface area contributed by atoms with E-state index in [1.54, 1.807) is 31.4 Å². The first-order valence-corrected chi connectivity index (χ1v) is 6.05. The summed E-state index contributed by atoms with van der Waals surface area (Å²) in [4.78, 5) is 22.9. The average molecular weight is 262 g/mol. The predicted octanol–water partition coefficient (Wildman–Crippen LogP) is 1.47. The molecule has 0 aromatic heterocycles. The van der Waals surface area contributed by atoms with E-state index in [-0.39, 0.29) is 6.42 Å². The standard InChI is InChI=1S/C14H18N2O3/c1-3-15-11-8-12(18)14(19)13(11)16-7-5-4-6-10(2)9-17/h4-7,9,15-17H,3,8H2,1-2H3/b6-4-,7-5+,10-9+. The van der Waals surface area contributed by atoms with Crippen LogP contribution in [0.15, 0.2) is 47.7 Å². The highest BCUT2D eigenvalue weighted by atomic mass is 16.2. The Kier molecular flexibility index (Phi) is 5.60. The van der Waals surface area contributed by atoms with Gasteiger partial charge in [0.05, 0.1) is 12.7 Å². The first kappa shape index (κ1) is 14.8. The molecule has 19 heavy (non-hydrogen) atoms. The highest BCUT2D eigenvalue weighted by Gasteiger charge is 2.30. The van der Waals surface area contributed by atoms with Gasteiger partial charge in [0.15, 0.2) is 0 Å². The van der Waals surface area contributed by atoms with Crippen molar-refractivity contribution in [2.75, 3.05) is 6.54 Å². The predicted molar refractivity (Wildman–Crippen MR) is 73.1 cm³/mol. The fourth-order valence-corrected chi connectivity index (χ4v) is 1.56. The van der Waals surface area contributed by atoms with E-state index in [1.165, 1.54) is 0 Å². The minimum Gasteiger partial charge on any atom is -0.515 e. The van der Waals surface area contributed by atoms with E-state index in [0.29, 0.717) is 23.5 Å². The molecule has 0 bridgehead atoms. The molecule has 0 saturated heterocycles. The number of allylic oxidation sites excluding steroid dienone is 6. The maximum atomic E-state index is 11.6. The summed E-state index contributed by atoms with van der Waals surface area (Å²) in [5.41, 5.74) is 1.66. The Bertz CT molecular complexity index is 485. The highest BCUT2D eigenvalue weighted by molar-refractivity contribution is 6.46. The van der Waals surface area contributed by atoms with Crippen LogP contribution in [0.1, 0.15) is 20.3 Å². The van der Waals surface area contributed by atoms with Crippen molar-refractivity contribution in [2.45, 2.75) is 20.3 Å². The van der Waals surface area contributed by atoms with Crippen LogP contribution >= 0.6 is 0 Å². The van der Waals surface area contributed by atoms with Gasteiger partial charge in [0.2, 0.25) is 11.6 Å². The maximum absolute atomic E-state index is 11.6. The second-order valence-corrected chi connectivity index (χ2v) is 4.05. The van der Waals surface area contributed by atoms with Gasteiger partial charge in [0.1, 0.15) is 5.70 Å². The van der Waals surface area contributed by atoms with Gasteiger partial charge in [-0.15, -0.1) is 0 Å². The van der Waals surface area contributed by atoms with Gasteiger partial charge in [-0.05, 0) is 25.5 Å².